The first-order chi connectivity index (χ1) is 10.1. The smallest absolute Gasteiger partial charge is 0.172 e. The summed E-state index contributed by atoms with van der Waals surface area (Å²) >= 11 is 0. The molecule has 108 valence electrons. The van der Waals surface area contributed by atoms with Crippen molar-refractivity contribution in [1.82, 2.24) is 14.9 Å². The number of nitrogens with zero attached hydrogens (tertiary/aromatic N) is 3. The monoisotopic (exact) mass is 282 g/mol. The number of benzene rings is 1. The maximum Gasteiger partial charge on any atom is 0.172 e. The van der Waals surface area contributed by atoms with E-state index in [4.69, 9.17) is 5.73 Å². The van der Waals surface area contributed by atoms with Crippen LogP contribution in [-0.4, -0.2) is 34.7 Å². The molecule has 1 aliphatic rings. The van der Waals surface area contributed by atoms with E-state index in [1.165, 1.54) is 16.7 Å². The van der Waals surface area contributed by atoms with Gasteiger partial charge in [0.05, 0.1) is 11.9 Å². The van der Waals surface area contributed by atoms with Gasteiger partial charge < -0.3 is 10.6 Å². The van der Waals surface area contributed by atoms with Crippen LogP contribution in [0.5, 0.6) is 0 Å². The van der Waals surface area contributed by atoms with E-state index in [1.54, 1.807) is 6.20 Å². The van der Waals surface area contributed by atoms with Gasteiger partial charge in [0.1, 0.15) is 5.69 Å². The van der Waals surface area contributed by atoms with Crippen LogP contribution in [0.25, 0.3) is 11.3 Å². The quantitative estimate of drug-likeness (QED) is 0.851. The van der Waals surface area contributed by atoms with Crippen LogP contribution in [0.1, 0.15) is 27.2 Å². The van der Waals surface area contributed by atoms with Gasteiger partial charge >= 0.3 is 0 Å². The molecule has 1 aromatic carbocycles. The van der Waals surface area contributed by atoms with Crippen LogP contribution in [-0.2, 0) is 13.0 Å². The summed E-state index contributed by atoms with van der Waals surface area (Å²) in [5.74, 6) is 0.170. The number of anilines is 1. The first-order valence-electron chi connectivity index (χ1n) is 6.97. The topological polar surface area (TPSA) is 72.1 Å². The molecule has 0 bridgehead atoms. The van der Waals surface area contributed by atoms with E-state index >= 15 is 0 Å². The molecule has 5 heteroatoms. The van der Waals surface area contributed by atoms with Gasteiger partial charge in [0, 0.05) is 18.7 Å². The van der Waals surface area contributed by atoms with E-state index in [9.17, 15) is 4.79 Å². The van der Waals surface area contributed by atoms with Crippen LogP contribution in [0, 0.1) is 6.92 Å². The second-order valence-electron chi connectivity index (χ2n) is 5.56. The first-order valence-corrected chi connectivity index (χ1v) is 6.97. The summed E-state index contributed by atoms with van der Waals surface area (Å²) in [5.41, 5.74) is 11.5. The number of aromatic nitrogens is 2. The molecule has 0 aliphatic carbocycles. The van der Waals surface area contributed by atoms with Crippen LogP contribution < -0.4 is 5.73 Å². The molecule has 3 rings (SSSR count). The molecule has 2 N–H and O–H groups in total. The van der Waals surface area contributed by atoms with Crippen molar-refractivity contribution in [2.75, 3.05) is 19.3 Å². The lowest BCUT2D eigenvalue weighted by Gasteiger charge is -2.27. The molecule has 0 saturated carbocycles. The number of rotatable bonds is 2. The molecule has 2 heterocycles. The lowest BCUT2D eigenvalue weighted by Crippen LogP contribution is -2.27. The highest BCUT2D eigenvalue weighted by Gasteiger charge is 2.17. The minimum atomic E-state index is 0.170. The maximum absolute atomic E-state index is 11.0. The number of carbonyl (C=O) groups excluding carboxylic acids is 1. The summed E-state index contributed by atoms with van der Waals surface area (Å²) in [6.07, 6.45) is 3.34. The number of hydrogen-bond donors (Lipinski definition) is 1. The van der Waals surface area contributed by atoms with Gasteiger partial charge in [-0.2, -0.15) is 0 Å². The third kappa shape index (κ3) is 2.52. The highest BCUT2D eigenvalue weighted by atomic mass is 16.1. The van der Waals surface area contributed by atoms with E-state index in [1.807, 2.05) is 0 Å². The second-order valence-corrected chi connectivity index (χ2v) is 5.56. The maximum atomic E-state index is 11.0. The largest absolute Gasteiger partial charge is 0.382 e. The summed E-state index contributed by atoms with van der Waals surface area (Å²) in [4.78, 5) is 21.6. The molecule has 0 unspecified atom stereocenters. The summed E-state index contributed by atoms with van der Waals surface area (Å²) < 4.78 is 0. The van der Waals surface area contributed by atoms with Crippen LogP contribution >= 0.6 is 0 Å². The zero-order valence-corrected chi connectivity index (χ0v) is 12.3. The van der Waals surface area contributed by atoms with Crippen LogP contribution in [0.15, 0.2) is 18.3 Å². The number of nitrogen functional groups attached to an aromatic ring is 1. The third-order valence-electron chi connectivity index (χ3n) is 3.99. The Morgan fingerprint density at radius 3 is 2.95 bits per heavy atom. The van der Waals surface area contributed by atoms with Crippen LogP contribution in [0.3, 0.4) is 0 Å². The van der Waals surface area contributed by atoms with Crippen molar-refractivity contribution in [1.29, 1.82) is 0 Å². The Kier molecular flexibility index (Phi) is 3.43. The Balaban J connectivity index is 2.09. The Morgan fingerprint density at radius 2 is 2.19 bits per heavy atom. The van der Waals surface area contributed by atoms with Gasteiger partial charge in [-0.3, -0.25) is 4.79 Å². The normalized spacial score (nSPS) is 14.8. The van der Waals surface area contributed by atoms with Crippen molar-refractivity contribution in [2.45, 2.75) is 19.9 Å². The lowest BCUT2D eigenvalue weighted by molar-refractivity contribution is 0.111. The fourth-order valence-corrected chi connectivity index (χ4v) is 2.85. The SMILES string of the molecule is Cc1cc(-c2cnc(N)c(C=O)n2)cc2c1CCN(C)C2. The molecule has 21 heavy (non-hydrogen) atoms. The van der Waals surface area contributed by atoms with Gasteiger partial charge in [-0.15, -0.1) is 0 Å². The summed E-state index contributed by atoms with van der Waals surface area (Å²) in [7, 11) is 2.12. The molecule has 2 aromatic rings. The number of aryl methyl sites for hydroxylation is 1. The number of likely N-dealkylation sites (N-methyl/N-ethyl adjacent to an activating group) is 1. The number of fused-ring (bicyclic) bond motifs is 1. The number of carbonyl (C=O) groups is 1. The zero-order chi connectivity index (χ0) is 15.0. The average Bonchev–Trinajstić information content (AvgIpc) is 2.47. The van der Waals surface area contributed by atoms with E-state index in [0.717, 1.165) is 25.1 Å². The Labute approximate surface area is 123 Å². The summed E-state index contributed by atoms with van der Waals surface area (Å²) in [5, 5.41) is 0. The van der Waals surface area contributed by atoms with Crippen molar-refractivity contribution in [3.8, 4) is 11.3 Å². The Bertz CT molecular complexity index is 712. The van der Waals surface area contributed by atoms with E-state index in [0.29, 0.717) is 12.0 Å². The number of aldehydes is 1. The van der Waals surface area contributed by atoms with Gasteiger partial charge in [-0.05, 0) is 49.2 Å². The highest BCUT2D eigenvalue weighted by molar-refractivity contribution is 5.80. The lowest BCUT2D eigenvalue weighted by atomic mass is 9.92. The van der Waals surface area contributed by atoms with Crippen molar-refractivity contribution in [2.24, 2.45) is 0 Å². The molecule has 0 radical (unpaired) electrons. The number of nitrogens with two attached hydrogens (primary N) is 1. The zero-order valence-electron chi connectivity index (χ0n) is 12.3. The second kappa shape index (κ2) is 5.26. The Hall–Kier alpha value is -2.27. The van der Waals surface area contributed by atoms with E-state index in [2.05, 4.69) is 41.0 Å². The third-order valence-corrected chi connectivity index (χ3v) is 3.99. The van der Waals surface area contributed by atoms with Gasteiger partial charge in [0.25, 0.3) is 0 Å². The minimum Gasteiger partial charge on any atom is -0.382 e. The fraction of sp³-hybridized carbons (Fsp3) is 0.312. The number of hydrogen-bond acceptors (Lipinski definition) is 5. The molecule has 0 atom stereocenters. The predicted octanol–water partition coefficient (Wildman–Crippen LogP) is 1.83. The van der Waals surface area contributed by atoms with Crippen molar-refractivity contribution in [3.63, 3.8) is 0 Å². The first kappa shape index (κ1) is 13.7. The van der Waals surface area contributed by atoms with Crippen LogP contribution in [0.2, 0.25) is 0 Å². The van der Waals surface area contributed by atoms with Gasteiger partial charge in [0.15, 0.2) is 12.1 Å². The van der Waals surface area contributed by atoms with Crippen LogP contribution in [0.4, 0.5) is 5.82 Å². The van der Waals surface area contributed by atoms with Gasteiger partial charge in [-0.25, -0.2) is 9.97 Å². The molecule has 1 aromatic heterocycles. The van der Waals surface area contributed by atoms with Crippen molar-refractivity contribution >= 4 is 12.1 Å². The summed E-state index contributed by atoms with van der Waals surface area (Å²) in [6, 6.07) is 4.26. The standard InChI is InChI=1S/C16H18N4O/c1-10-5-11(6-12-8-20(2)4-3-13(10)12)14-7-18-16(17)15(9-21)19-14/h5-7,9H,3-4,8H2,1-2H3,(H2,17,18). The van der Waals surface area contributed by atoms with Crippen molar-refractivity contribution in [3.05, 3.63) is 40.7 Å². The molecular weight excluding hydrogens is 264 g/mol. The predicted molar refractivity (Wildman–Crippen MR) is 82.0 cm³/mol. The highest BCUT2D eigenvalue weighted by Crippen LogP contribution is 2.28. The summed E-state index contributed by atoms with van der Waals surface area (Å²) in [6.45, 7) is 4.15. The molecule has 0 spiro atoms. The Morgan fingerprint density at radius 1 is 1.38 bits per heavy atom. The van der Waals surface area contributed by atoms with E-state index in [-0.39, 0.29) is 11.5 Å². The molecule has 0 saturated heterocycles. The molecule has 5 nitrogen and oxygen atoms in total. The minimum absolute atomic E-state index is 0.170. The van der Waals surface area contributed by atoms with Crippen molar-refractivity contribution < 1.29 is 4.79 Å². The fourth-order valence-electron chi connectivity index (χ4n) is 2.85. The van der Waals surface area contributed by atoms with Gasteiger partial charge in [-0.1, -0.05) is 0 Å². The molecule has 1 aliphatic heterocycles. The molecule has 0 fully saturated rings. The average molecular weight is 282 g/mol. The molecular formula is C16H18N4O. The van der Waals surface area contributed by atoms with Gasteiger partial charge in [0.2, 0.25) is 0 Å². The van der Waals surface area contributed by atoms with E-state index < -0.39 is 0 Å². The molecule has 0 amide bonds.